The number of hydrogen-bond donors (Lipinski definition) is 2. The highest BCUT2D eigenvalue weighted by Crippen LogP contribution is 2.10. The number of carbonyl (C=O) groups is 1. The van der Waals surface area contributed by atoms with Crippen LogP contribution < -0.4 is 10.6 Å². The fourth-order valence-corrected chi connectivity index (χ4v) is 3.74. The van der Waals surface area contributed by atoms with E-state index in [1.54, 1.807) is 6.26 Å². The molecule has 2 saturated heterocycles. The second-order valence-electron chi connectivity index (χ2n) is 7.62. The third-order valence-electron chi connectivity index (χ3n) is 5.43. The third-order valence-corrected chi connectivity index (χ3v) is 5.43. The minimum absolute atomic E-state index is 0. The molecule has 2 fully saturated rings. The maximum Gasteiger partial charge on any atom is 0.222 e. The number of morpholine rings is 1. The van der Waals surface area contributed by atoms with Crippen molar-refractivity contribution < 1.29 is 13.9 Å². The molecule has 9 heteroatoms. The van der Waals surface area contributed by atoms with Gasteiger partial charge in [-0.25, -0.2) is 0 Å². The van der Waals surface area contributed by atoms with Crippen molar-refractivity contribution in [3.05, 3.63) is 24.2 Å². The zero-order valence-electron chi connectivity index (χ0n) is 18.0. The topological polar surface area (TPSA) is 82.3 Å². The summed E-state index contributed by atoms with van der Waals surface area (Å²) >= 11 is 0. The Kier molecular flexibility index (Phi) is 11.5. The minimum Gasteiger partial charge on any atom is -0.469 e. The lowest BCUT2D eigenvalue weighted by Gasteiger charge is -2.26. The Morgan fingerprint density at radius 3 is 2.87 bits per heavy atom. The Balaban J connectivity index is 0.00000320. The van der Waals surface area contributed by atoms with E-state index < -0.39 is 0 Å². The molecule has 0 bridgehead atoms. The molecule has 1 aromatic heterocycles. The molecule has 0 radical (unpaired) electrons. The van der Waals surface area contributed by atoms with Crippen LogP contribution in [0.15, 0.2) is 27.8 Å². The first-order chi connectivity index (χ1) is 14.2. The van der Waals surface area contributed by atoms with Crippen LogP contribution in [-0.4, -0.2) is 86.7 Å². The molecule has 1 amide bonds. The summed E-state index contributed by atoms with van der Waals surface area (Å²) in [7, 11) is 0. The van der Waals surface area contributed by atoms with Crippen LogP contribution in [0.3, 0.4) is 0 Å². The number of aliphatic imine (C=N–C) groups is 1. The summed E-state index contributed by atoms with van der Waals surface area (Å²) in [5, 5.41) is 6.95. The van der Waals surface area contributed by atoms with Crippen LogP contribution in [0.5, 0.6) is 0 Å². The molecule has 2 N–H and O–H groups in total. The lowest BCUT2D eigenvalue weighted by Crippen LogP contribution is -2.45. The van der Waals surface area contributed by atoms with Crippen molar-refractivity contribution in [1.82, 2.24) is 20.4 Å². The van der Waals surface area contributed by atoms with Crippen molar-refractivity contribution in [2.45, 2.75) is 38.6 Å². The van der Waals surface area contributed by atoms with Gasteiger partial charge in [0.2, 0.25) is 5.91 Å². The number of guanidine groups is 1. The monoisotopic (exact) mass is 533 g/mol. The fraction of sp³-hybridized carbons (Fsp3) is 0.714. The van der Waals surface area contributed by atoms with Gasteiger partial charge in [-0.3, -0.25) is 14.7 Å². The quantitative estimate of drug-likeness (QED) is 0.218. The first-order valence-corrected chi connectivity index (χ1v) is 10.9. The highest BCUT2D eigenvalue weighted by molar-refractivity contribution is 14.0. The number of ether oxygens (including phenoxy) is 1. The van der Waals surface area contributed by atoms with Gasteiger partial charge in [0.15, 0.2) is 5.96 Å². The lowest BCUT2D eigenvalue weighted by molar-refractivity contribution is -0.129. The van der Waals surface area contributed by atoms with E-state index in [0.29, 0.717) is 6.42 Å². The van der Waals surface area contributed by atoms with Crippen LogP contribution in [0.4, 0.5) is 0 Å². The Bertz CT molecular complexity index is 635. The van der Waals surface area contributed by atoms with Gasteiger partial charge in [-0.2, -0.15) is 0 Å². The molecular formula is C21H36IN5O3. The van der Waals surface area contributed by atoms with Crippen molar-refractivity contribution in [2.24, 2.45) is 4.99 Å². The van der Waals surface area contributed by atoms with E-state index in [9.17, 15) is 4.79 Å². The van der Waals surface area contributed by atoms with Gasteiger partial charge in [0.1, 0.15) is 5.76 Å². The molecule has 3 rings (SSSR count). The second kappa shape index (κ2) is 13.9. The van der Waals surface area contributed by atoms with Gasteiger partial charge >= 0.3 is 0 Å². The summed E-state index contributed by atoms with van der Waals surface area (Å²) in [5.41, 5.74) is 0. The predicted octanol–water partition coefficient (Wildman–Crippen LogP) is 1.71. The summed E-state index contributed by atoms with van der Waals surface area (Å²) in [6.45, 7) is 9.76. The average Bonchev–Trinajstić information content (AvgIpc) is 3.43. The smallest absolute Gasteiger partial charge is 0.222 e. The zero-order chi connectivity index (χ0) is 20.3. The van der Waals surface area contributed by atoms with Gasteiger partial charge in [-0.1, -0.05) is 6.92 Å². The van der Waals surface area contributed by atoms with Crippen LogP contribution in [0.25, 0.3) is 0 Å². The Labute approximate surface area is 196 Å². The van der Waals surface area contributed by atoms with Crippen molar-refractivity contribution in [2.75, 3.05) is 59.0 Å². The molecule has 170 valence electrons. The number of nitrogens with zero attached hydrogens (tertiary/aromatic N) is 3. The lowest BCUT2D eigenvalue weighted by atomic mass is 10.2. The Morgan fingerprint density at radius 1 is 1.30 bits per heavy atom. The van der Waals surface area contributed by atoms with Crippen LogP contribution >= 0.6 is 24.0 Å². The van der Waals surface area contributed by atoms with E-state index in [1.165, 1.54) is 0 Å². The Hall–Kier alpha value is -1.33. The third kappa shape index (κ3) is 8.43. The number of furan rings is 1. The molecule has 0 aromatic carbocycles. The summed E-state index contributed by atoms with van der Waals surface area (Å²) in [6.07, 6.45) is 5.06. The van der Waals surface area contributed by atoms with E-state index in [0.717, 1.165) is 90.0 Å². The first kappa shape index (κ1) is 24.9. The number of carbonyl (C=O) groups excluding carboxylic acids is 1. The van der Waals surface area contributed by atoms with E-state index in [1.807, 2.05) is 24.0 Å². The second-order valence-corrected chi connectivity index (χ2v) is 7.62. The number of rotatable bonds is 9. The number of amides is 1. The van der Waals surface area contributed by atoms with E-state index in [4.69, 9.17) is 14.1 Å². The van der Waals surface area contributed by atoms with E-state index in [-0.39, 0.29) is 35.9 Å². The SMILES string of the molecule is CCC(=O)N1CCC(NC(=NCCCN2CCOCC2)NCCc2ccco2)C1.I. The van der Waals surface area contributed by atoms with Gasteiger partial charge in [-0.15, -0.1) is 24.0 Å². The highest BCUT2D eigenvalue weighted by Gasteiger charge is 2.25. The predicted molar refractivity (Wildman–Crippen MR) is 128 cm³/mol. The summed E-state index contributed by atoms with van der Waals surface area (Å²) in [4.78, 5) is 21.1. The number of likely N-dealkylation sites (tertiary alicyclic amines) is 1. The molecule has 3 heterocycles. The van der Waals surface area contributed by atoms with Crippen molar-refractivity contribution in [3.8, 4) is 0 Å². The molecule has 1 unspecified atom stereocenters. The van der Waals surface area contributed by atoms with Crippen molar-refractivity contribution in [1.29, 1.82) is 0 Å². The molecule has 30 heavy (non-hydrogen) atoms. The van der Waals surface area contributed by atoms with Crippen LogP contribution in [0, 0.1) is 0 Å². The standard InChI is InChI=1S/C21H35N5O3.HI/c1-2-20(27)26-11-7-18(17-26)24-21(23-9-6-19-5-3-14-29-19)22-8-4-10-25-12-15-28-16-13-25;/h3,5,14,18H,2,4,6-13,15-17H2,1H3,(H2,22,23,24);1H. The molecule has 8 nitrogen and oxygen atoms in total. The maximum absolute atomic E-state index is 11.9. The van der Waals surface area contributed by atoms with Crippen LogP contribution in [0.1, 0.15) is 31.9 Å². The van der Waals surface area contributed by atoms with Crippen LogP contribution in [-0.2, 0) is 16.0 Å². The summed E-state index contributed by atoms with van der Waals surface area (Å²) in [6, 6.07) is 4.14. The zero-order valence-corrected chi connectivity index (χ0v) is 20.3. The highest BCUT2D eigenvalue weighted by atomic mass is 127. The van der Waals surface area contributed by atoms with Gasteiger partial charge in [0, 0.05) is 64.7 Å². The largest absolute Gasteiger partial charge is 0.469 e. The molecule has 0 spiro atoms. The van der Waals surface area contributed by atoms with Crippen LogP contribution in [0.2, 0.25) is 0 Å². The fourth-order valence-electron chi connectivity index (χ4n) is 3.74. The maximum atomic E-state index is 11.9. The normalized spacial score (nSPS) is 20.1. The summed E-state index contributed by atoms with van der Waals surface area (Å²) in [5.74, 6) is 2.02. The van der Waals surface area contributed by atoms with Crippen molar-refractivity contribution >= 4 is 35.8 Å². The minimum atomic E-state index is 0. The van der Waals surface area contributed by atoms with E-state index in [2.05, 4.69) is 15.5 Å². The number of hydrogen-bond acceptors (Lipinski definition) is 5. The number of nitrogens with one attached hydrogen (secondary N) is 2. The molecule has 2 aliphatic rings. The van der Waals surface area contributed by atoms with Gasteiger partial charge < -0.3 is 24.7 Å². The Morgan fingerprint density at radius 2 is 2.13 bits per heavy atom. The average molecular weight is 533 g/mol. The van der Waals surface area contributed by atoms with Gasteiger partial charge in [-0.05, 0) is 25.0 Å². The molecule has 1 atom stereocenters. The molecular weight excluding hydrogens is 497 g/mol. The number of halogens is 1. The molecule has 0 saturated carbocycles. The van der Waals surface area contributed by atoms with E-state index >= 15 is 0 Å². The first-order valence-electron chi connectivity index (χ1n) is 10.9. The molecule has 2 aliphatic heterocycles. The van der Waals surface area contributed by atoms with Gasteiger partial charge in [0.25, 0.3) is 0 Å². The molecule has 1 aromatic rings. The molecule has 0 aliphatic carbocycles. The van der Waals surface area contributed by atoms with Gasteiger partial charge in [0.05, 0.1) is 19.5 Å². The summed E-state index contributed by atoms with van der Waals surface area (Å²) < 4.78 is 10.8. The van der Waals surface area contributed by atoms with Crippen molar-refractivity contribution in [3.63, 3.8) is 0 Å².